The number of hydrogen-bond acceptors (Lipinski definition) is 5. The van der Waals surface area contributed by atoms with E-state index in [0.717, 1.165) is 20.5 Å². The molecular weight excluding hydrogens is 478 g/mol. The molecule has 1 aliphatic rings. The topological polar surface area (TPSA) is 99.3 Å². The molecule has 1 atom stereocenters. The third-order valence-corrected chi connectivity index (χ3v) is 8.87. The predicted molar refractivity (Wildman–Crippen MR) is 117 cm³/mol. The van der Waals surface area contributed by atoms with Gasteiger partial charge in [0.25, 0.3) is 15.6 Å². The maximum Gasteiger partial charge on any atom is 0.257 e. The standard InChI is InChI=1S/C19H18BrN3O4S2/c20-15-7-8-17(28-15)29(26,27)23-9-3-5-13(11-23)18(24)21-16-10-12-4-1-2-6-14(12)19(25)22-16/h1-2,4,6-8,10,13H,3,5,9,11H2,(H2,21,22,24,25)/t13-/m0/s1. The van der Waals surface area contributed by atoms with Crippen LogP contribution in [0.15, 0.2) is 55.3 Å². The van der Waals surface area contributed by atoms with Gasteiger partial charge in [-0.1, -0.05) is 18.2 Å². The zero-order valence-electron chi connectivity index (χ0n) is 15.2. The van der Waals surface area contributed by atoms with Crippen molar-refractivity contribution in [3.63, 3.8) is 0 Å². The molecule has 1 amide bonds. The summed E-state index contributed by atoms with van der Waals surface area (Å²) in [6.45, 7) is 0.496. The van der Waals surface area contributed by atoms with E-state index in [1.807, 2.05) is 6.07 Å². The van der Waals surface area contributed by atoms with Gasteiger partial charge in [-0.05, 0) is 58.4 Å². The lowest BCUT2D eigenvalue weighted by molar-refractivity contribution is -0.120. The Bertz CT molecular complexity index is 1240. The number of halogens is 1. The van der Waals surface area contributed by atoms with Gasteiger partial charge < -0.3 is 10.3 Å². The SMILES string of the molecule is O=C(Nc1cc2ccccc2c(=O)[nH]1)[C@H]1CCCN(S(=O)(=O)c2ccc(Br)s2)C1. The zero-order valence-corrected chi connectivity index (χ0v) is 18.4. The molecule has 7 nitrogen and oxygen atoms in total. The molecule has 1 fully saturated rings. The molecule has 29 heavy (non-hydrogen) atoms. The van der Waals surface area contributed by atoms with Crippen LogP contribution in [-0.2, 0) is 14.8 Å². The molecule has 2 aromatic heterocycles. The van der Waals surface area contributed by atoms with Gasteiger partial charge in [-0.15, -0.1) is 11.3 Å². The Hall–Kier alpha value is -2.01. The highest BCUT2D eigenvalue weighted by Crippen LogP contribution is 2.31. The van der Waals surface area contributed by atoms with E-state index in [0.29, 0.717) is 30.6 Å². The van der Waals surface area contributed by atoms with Crippen molar-refractivity contribution >= 4 is 59.8 Å². The van der Waals surface area contributed by atoms with Crippen molar-refractivity contribution in [3.8, 4) is 0 Å². The van der Waals surface area contributed by atoms with Crippen LogP contribution in [0.1, 0.15) is 12.8 Å². The maximum absolute atomic E-state index is 12.9. The van der Waals surface area contributed by atoms with Crippen molar-refractivity contribution in [2.24, 2.45) is 5.92 Å². The molecule has 1 aliphatic heterocycles. The molecule has 152 valence electrons. The third kappa shape index (κ3) is 4.16. The minimum Gasteiger partial charge on any atom is -0.312 e. The Kier molecular flexibility index (Phi) is 5.60. The summed E-state index contributed by atoms with van der Waals surface area (Å²) in [6.07, 6.45) is 1.18. The third-order valence-electron chi connectivity index (χ3n) is 4.91. The van der Waals surface area contributed by atoms with E-state index >= 15 is 0 Å². The number of sulfonamides is 1. The molecule has 2 N–H and O–H groups in total. The molecule has 0 saturated carbocycles. The molecule has 0 bridgehead atoms. The van der Waals surface area contributed by atoms with E-state index in [4.69, 9.17) is 0 Å². The van der Waals surface area contributed by atoms with Gasteiger partial charge in [-0.2, -0.15) is 4.31 Å². The number of carbonyl (C=O) groups excluding carboxylic acids is 1. The lowest BCUT2D eigenvalue weighted by atomic mass is 9.99. The molecule has 4 rings (SSSR count). The van der Waals surface area contributed by atoms with Crippen molar-refractivity contribution in [2.75, 3.05) is 18.4 Å². The average molecular weight is 496 g/mol. The van der Waals surface area contributed by atoms with Crippen LogP contribution >= 0.6 is 27.3 Å². The number of anilines is 1. The first-order valence-corrected chi connectivity index (χ1v) is 12.1. The normalized spacial score (nSPS) is 18.0. The van der Waals surface area contributed by atoms with Crippen LogP contribution < -0.4 is 10.9 Å². The van der Waals surface area contributed by atoms with Crippen LogP contribution in [0.25, 0.3) is 10.8 Å². The van der Waals surface area contributed by atoms with E-state index < -0.39 is 15.9 Å². The number of thiophene rings is 1. The summed E-state index contributed by atoms with van der Waals surface area (Å²) in [7, 11) is -3.63. The van der Waals surface area contributed by atoms with Gasteiger partial charge in [-0.3, -0.25) is 9.59 Å². The van der Waals surface area contributed by atoms with Crippen LogP contribution in [-0.4, -0.2) is 36.7 Å². The molecule has 3 aromatic rings. The van der Waals surface area contributed by atoms with Crippen molar-refractivity contribution in [2.45, 2.75) is 17.1 Å². The molecule has 1 aromatic carbocycles. The average Bonchev–Trinajstić information content (AvgIpc) is 3.15. The summed E-state index contributed by atoms with van der Waals surface area (Å²) >= 11 is 4.44. The number of hydrogen-bond donors (Lipinski definition) is 2. The maximum atomic E-state index is 12.9. The number of pyridine rings is 1. The van der Waals surface area contributed by atoms with Crippen LogP contribution in [0.2, 0.25) is 0 Å². The van der Waals surface area contributed by atoms with Crippen molar-refractivity contribution in [3.05, 3.63) is 56.6 Å². The predicted octanol–water partition coefficient (Wildman–Crippen LogP) is 3.39. The highest BCUT2D eigenvalue weighted by molar-refractivity contribution is 9.11. The summed E-state index contributed by atoms with van der Waals surface area (Å²) in [5, 5.41) is 4.01. The van der Waals surface area contributed by atoms with Gasteiger partial charge in [0, 0.05) is 18.5 Å². The van der Waals surface area contributed by atoms with E-state index in [1.165, 1.54) is 4.31 Å². The van der Waals surface area contributed by atoms with Crippen LogP contribution in [0.4, 0.5) is 5.82 Å². The number of carbonyl (C=O) groups is 1. The fourth-order valence-electron chi connectivity index (χ4n) is 3.45. The lowest BCUT2D eigenvalue weighted by Crippen LogP contribution is -2.43. The fraction of sp³-hybridized carbons (Fsp3) is 0.263. The number of nitrogens with zero attached hydrogens (tertiary/aromatic N) is 1. The van der Waals surface area contributed by atoms with E-state index in [2.05, 4.69) is 26.2 Å². The molecule has 0 radical (unpaired) electrons. The van der Waals surface area contributed by atoms with Gasteiger partial charge in [0.2, 0.25) is 5.91 Å². The molecule has 1 saturated heterocycles. The Morgan fingerprint density at radius 2 is 2.03 bits per heavy atom. The number of aromatic amines is 1. The molecule has 0 aliphatic carbocycles. The van der Waals surface area contributed by atoms with Crippen LogP contribution in [0, 0.1) is 5.92 Å². The number of H-pyrrole nitrogens is 1. The highest BCUT2D eigenvalue weighted by Gasteiger charge is 2.34. The summed E-state index contributed by atoms with van der Waals surface area (Å²) < 4.78 is 28.1. The van der Waals surface area contributed by atoms with Gasteiger partial charge in [-0.25, -0.2) is 8.42 Å². The minimum absolute atomic E-state index is 0.113. The second-order valence-corrected chi connectivity index (χ2v) is 11.5. The molecule has 0 spiro atoms. The summed E-state index contributed by atoms with van der Waals surface area (Å²) in [6, 6.07) is 12.1. The fourth-order valence-corrected chi connectivity index (χ4v) is 7.14. The highest BCUT2D eigenvalue weighted by atomic mass is 79.9. The summed E-state index contributed by atoms with van der Waals surface area (Å²) in [5.41, 5.74) is -0.283. The summed E-state index contributed by atoms with van der Waals surface area (Å²) in [4.78, 5) is 27.6. The monoisotopic (exact) mass is 495 g/mol. The van der Waals surface area contributed by atoms with Crippen molar-refractivity contribution < 1.29 is 13.2 Å². The van der Waals surface area contributed by atoms with Crippen molar-refractivity contribution in [1.29, 1.82) is 0 Å². The minimum atomic E-state index is -3.63. The number of benzene rings is 1. The first-order chi connectivity index (χ1) is 13.8. The number of nitrogens with one attached hydrogen (secondary N) is 2. The molecule has 3 heterocycles. The number of fused-ring (bicyclic) bond motifs is 1. The summed E-state index contributed by atoms with van der Waals surface area (Å²) in [5.74, 6) is -0.485. The van der Waals surface area contributed by atoms with E-state index in [1.54, 1.807) is 36.4 Å². The van der Waals surface area contributed by atoms with Gasteiger partial charge in [0.15, 0.2) is 0 Å². The largest absolute Gasteiger partial charge is 0.312 e. The Morgan fingerprint density at radius 3 is 2.79 bits per heavy atom. The quantitative estimate of drug-likeness (QED) is 0.579. The number of aromatic nitrogens is 1. The number of piperidine rings is 1. The van der Waals surface area contributed by atoms with Crippen LogP contribution in [0.3, 0.4) is 0 Å². The van der Waals surface area contributed by atoms with Gasteiger partial charge in [0.1, 0.15) is 10.0 Å². The number of rotatable bonds is 4. The van der Waals surface area contributed by atoms with E-state index in [9.17, 15) is 18.0 Å². The lowest BCUT2D eigenvalue weighted by Gasteiger charge is -2.30. The van der Waals surface area contributed by atoms with Crippen molar-refractivity contribution in [1.82, 2.24) is 9.29 Å². The number of amides is 1. The molecule has 0 unspecified atom stereocenters. The second kappa shape index (κ2) is 8.02. The van der Waals surface area contributed by atoms with E-state index in [-0.39, 0.29) is 22.2 Å². The second-order valence-electron chi connectivity index (χ2n) is 6.85. The molecular formula is C19H18BrN3O4S2. The first-order valence-electron chi connectivity index (χ1n) is 9.03. The van der Waals surface area contributed by atoms with Gasteiger partial charge >= 0.3 is 0 Å². The van der Waals surface area contributed by atoms with Gasteiger partial charge in [0.05, 0.1) is 9.70 Å². The Morgan fingerprint density at radius 1 is 1.24 bits per heavy atom. The molecule has 10 heteroatoms. The Labute approximate surface area is 179 Å². The zero-order chi connectivity index (χ0) is 20.6. The first kappa shape index (κ1) is 20.3. The van der Waals surface area contributed by atoms with Crippen LogP contribution in [0.5, 0.6) is 0 Å². The Balaban J connectivity index is 1.51. The smallest absolute Gasteiger partial charge is 0.257 e.